The molecule has 0 aliphatic carbocycles. The van der Waals surface area contributed by atoms with Crippen LogP contribution in [-0.4, -0.2) is 32.5 Å². The molecule has 0 spiro atoms. The molecule has 1 aliphatic rings. The average Bonchev–Trinajstić information content (AvgIpc) is 2.34. The predicted molar refractivity (Wildman–Crippen MR) is 74.9 cm³/mol. The molecule has 1 heterocycles. The van der Waals surface area contributed by atoms with Gasteiger partial charge in [-0.15, -0.1) is 0 Å². The molecule has 0 aromatic carbocycles. The van der Waals surface area contributed by atoms with E-state index in [1.165, 1.54) is 6.92 Å². The second kappa shape index (κ2) is 6.52. The summed E-state index contributed by atoms with van der Waals surface area (Å²) in [5, 5.41) is 2.60. The number of esters is 1. The Hall–Kier alpha value is -0.883. The minimum atomic E-state index is -1.75. The van der Waals surface area contributed by atoms with Gasteiger partial charge in [0.1, 0.15) is 5.92 Å². The van der Waals surface area contributed by atoms with Gasteiger partial charge in [0, 0.05) is 6.92 Å². The first-order valence-corrected chi connectivity index (χ1v) is 9.57. The molecule has 1 fully saturated rings. The molecular weight excluding hydrogens is 262 g/mol. The number of ether oxygens (including phenoxy) is 1. The summed E-state index contributed by atoms with van der Waals surface area (Å²) in [6, 6.07) is 3.12. The third kappa shape index (κ3) is 3.57. The number of β-lactam (4-membered cyclic amide) rings is 1. The zero-order valence-corrected chi connectivity index (χ0v) is 13.5. The molecule has 5 nitrogen and oxygen atoms in total. The van der Waals surface area contributed by atoms with Gasteiger partial charge in [0.2, 0.25) is 5.91 Å². The Morgan fingerprint density at radius 3 is 2.21 bits per heavy atom. The van der Waals surface area contributed by atoms with E-state index in [1.54, 1.807) is 0 Å². The molecule has 0 saturated carbocycles. The van der Waals surface area contributed by atoms with Gasteiger partial charge in [0.15, 0.2) is 14.5 Å². The van der Waals surface area contributed by atoms with Crippen LogP contribution < -0.4 is 5.32 Å². The van der Waals surface area contributed by atoms with E-state index in [9.17, 15) is 9.59 Å². The fourth-order valence-electron chi connectivity index (χ4n) is 2.58. The highest BCUT2D eigenvalue weighted by Gasteiger charge is 2.47. The zero-order valence-electron chi connectivity index (χ0n) is 12.5. The molecule has 0 bridgehead atoms. The van der Waals surface area contributed by atoms with Crippen molar-refractivity contribution in [3.8, 4) is 0 Å². The van der Waals surface area contributed by atoms with Crippen molar-refractivity contribution in [2.75, 3.05) is 0 Å². The molecule has 1 N–H and O–H groups in total. The van der Waals surface area contributed by atoms with Gasteiger partial charge in [-0.2, -0.15) is 0 Å². The lowest BCUT2D eigenvalue weighted by Crippen LogP contribution is -2.64. The summed E-state index contributed by atoms with van der Waals surface area (Å²) in [5.74, 6) is -0.849. The van der Waals surface area contributed by atoms with E-state index in [4.69, 9.17) is 9.16 Å². The summed E-state index contributed by atoms with van der Waals surface area (Å²) >= 11 is 0. The third-order valence-corrected chi connectivity index (χ3v) is 8.82. The number of carbonyl (C=O) groups excluding carboxylic acids is 2. The maximum absolute atomic E-state index is 11.6. The predicted octanol–water partition coefficient (Wildman–Crippen LogP) is 2.03. The molecule has 0 aromatic heterocycles. The monoisotopic (exact) mass is 287 g/mol. The Morgan fingerprint density at radius 1 is 1.32 bits per heavy atom. The van der Waals surface area contributed by atoms with Crippen molar-refractivity contribution in [2.24, 2.45) is 5.92 Å². The van der Waals surface area contributed by atoms with E-state index in [1.807, 2.05) is 6.92 Å². The van der Waals surface area contributed by atoms with Gasteiger partial charge >= 0.3 is 5.97 Å². The molecule has 19 heavy (non-hydrogen) atoms. The number of hydrogen-bond donors (Lipinski definition) is 1. The van der Waals surface area contributed by atoms with Gasteiger partial charge < -0.3 is 14.5 Å². The molecule has 3 atom stereocenters. The number of rotatable bonds is 7. The Balaban J connectivity index is 2.67. The van der Waals surface area contributed by atoms with Crippen LogP contribution in [0.25, 0.3) is 0 Å². The van der Waals surface area contributed by atoms with Crippen molar-refractivity contribution in [2.45, 2.75) is 65.1 Å². The third-order valence-electron chi connectivity index (χ3n) is 4.08. The van der Waals surface area contributed by atoms with Crippen LogP contribution in [0.5, 0.6) is 0 Å². The summed E-state index contributed by atoms with van der Waals surface area (Å²) in [5.41, 5.74) is 0. The molecule has 1 saturated heterocycles. The van der Waals surface area contributed by atoms with Gasteiger partial charge in [0.25, 0.3) is 0 Å². The minimum Gasteiger partial charge on any atom is -0.441 e. The number of hydrogen-bond acceptors (Lipinski definition) is 4. The van der Waals surface area contributed by atoms with E-state index in [0.29, 0.717) is 0 Å². The molecule has 1 rings (SSSR count). The van der Waals surface area contributed by atoms with Crippen molar-refractivity contribution in [1.82, 2.24) is 5.32 Å². The summed E-state index contributed by atoms with van der Waals surface area (Å²) in [6.45, 7) is 9.70. The SMILES string of the molecule is CC[Si](CC)(CC)OC(C)C1C(=O)NC1OC(C)=O. The lowest BCUT2D eigenvalue weighted by Gasteiger charge is -2.42. The first kappa shape index (κ1) is 16.2. The molecule has 0 aromatic rings. The molecule has 6 heteroatoms. The standard InChI is InChI=1S/C13H25NO4Si/c1-6-19(7-2,8-3)18-9(4)11-12(16)14-13(11)17-10(5)15/h9,11,13H,6-8H2,1-5H3,(H,14,16). The van der Waals surface area contributed by atoms with Gasteiger partial charge in [-0.3, -0.25) is 9.59 Å². The Labute approximate surface area is 116 Å². The highest BCUT2D eigenvalue weighted by atomic mass is 28.4. The molecule has 1 amide bonds. The second-order valence-corrected chi connectivity index (χ2v) is 9.85. The van der Waals surface area contributed by atoms with Gasteiger partial charge in [-0.25, -0.2) is 0 Å². The molecular formula is C13H25NO4Si. The summed E-state index contributed by atoms with van der Waals surface area (Å²) in [4.78, 5) is 22.6. The van der Waals surface area contributed by atoms with E-state index in [0.717, 1.165) is 18.1 Å². The Morgan fingerprint density at radius 2 is 1.84 bits per heavy atom. The van der Waals surface area contributed by atoms with Crippen LogP contribution in [-0.2, 0) is 18.8 Å². The maximum Gasteiger partial charge on any atom is 0.304 e. The summed E-state index contributed by atoms with van der Waals surface area (Å²) in [6.07, 6.45) is -0.734. The fraction of sp³-hybridized carbons (Fsp3) is 0.846. The van der Waals surface area contributed by atoms with E-state index in [-0.39, 0.29) is 23.9 Å². The van der Waals surface area contributed by atoms with Crippen molar-refractivity contribution in [3.05, 3.63) is 0 Å². The topological polar surface area (TPSA) is 64.6 Å². The highest BCUT2D eigenvalue weighted by molar-refractivity contribution is 6.73. The molecule has 1 aliphatic heterocycles. The van der Waals surface area contributed by atoms with E-state index < -0.39 is 14.5 Å². The van der Waals surface area contributed by atoms with Gasteiger partial charge in [0.05, 0.1) is 6.10 Å². The average molecular weight is 287 g/mol. The van der Waals surface area contributed by atoms with Crippen LogP contribution in [0.2, 0.25) is 18.1 Å². The zero-order chi connectivity index (χ0) is 14.6. The van der Waals surface area contributed by atoms with Crippen molar-refractivity contribution in [3.63, 3.8) is 0 Å². The highest BCUT2D eigenvalue weighted by Crippen LogP contribution is 2.29. The molecule has 3 unspecified atom stereocenters. The number of nitrogens with one attached hydrogen (secondary N) is 1. The lowest BCUT2D eigenvalue weighted by molar-refractivity contribution is -0.173. The molecule has 110 valence electrons. The molecule has 0 radical (unpaired) electrons. The normalized spacial score (nSPS) is 24.4. The van der Waals surface area contributed by atoms with Gasteiger partial charge in [-0.1, -0.05) is 20.8 Å². The van der Waals surface area contributed by atoms with Crippen molar-refractivity contribution < 1.29 is 18.8 Å². The fourth-order valence-corrected chi connectivity index (χ4v) is 5.51. The summed E-state index contributed by atoms with van der Waals surface area (Å²) < 4.78 is 11.3. The number of carbonyl (C=O) groups is 2. The first-order chi connectivity index (χ1) is 8.89. The largest absolute Gasteiger partial charge is 0.441 e. The first-order valence-electron chi connectivity index (χ1n) is 7.04. The lowest BCUT2D eigenvalue weighted by atomic mass is 9.93. The van der Waals surface area contributed by atoms with Crippen molar-refractivity contribution in [1.29, 1.82) is 0 Å². The maximum atomic E-state index is 11.6. The Kier molecular flexibility index (Phi) is 5.55. The Bertz CT molecular complexity index is 335. The number of amides is 1. The van der Waals surface area contributed by atoms with Crippen LogP contribution >= 0.6 is 0 Å². The second-order valence-electron chi connectivity index (χ2n) is 5.13. The smallest absolute Gasteiger partial charge is 0.304 e. The van der Waals surface area contributed by atoms with Crippen LogP contribution in [0.1, 0.15) is 34.6 Å². The van der Waals surface area contributed by atoms with Crippen LogP contribution in [0.3, 0.4) is 0 Å². The summed E-state index contributed by atoms with van der Waals surface area (Å²) in [7, 11) is -1.75. The minimum absolute atomic E-state index is 0.0926. The van der Waals surface area contributed by atoms with Crippen molar-refractivity contribution >= 4 is 20.2 Å². The van der Waals surface area contributed by atoms with Crippen LogP contribution in [0.4, 0.5) is 0 Å². The van der Waals surface area contributed by atoms with Crippen LogP contribution in [0, 0.1) is 5.92 Å². The van der Waals surface area contributed by atoms with E-state index >= 15 is 0 Å². The quantitative estimate of drug-likeness (QED) is 0.442. The van der Waals surface area contributed by atoms with E-state index in [2.05, 4.69) is 26.1 Å². The van der Waals surface area contributed by atoms with Crippen LogP contribution in [0.15, 0.2) is 0 Å². The van der Waals surface area contributed by atoms with Gasteiger partial charge in [-0.05, 0) is 25.1 Å².